The molecule has 0 saturated heterocycles. The van der Waals surface area contributed by atoms with E-state index in [1.165, 1.54) is 17.0 Å². The van der Waals surface area contributed by atoms with Crippen molar-refractivity contribution in [3.63, 3.8) is 0 Å². The molecule has 2 rings (SSSR count). The van der Waals surface area contributed by atoms with E-state index in [2.05, 4.69) is 4.98 Å². The molecule has 0 aliphatic carbocycles. The molecular formula is C14H14FN3O. The summed E-state index contributed by atoms with van der Waals surface area (Å²) < 4.78 is 13.8. The minimum Gasteiger partial charge on any atom is -0.399 e. The Hall–Kier alpha value is -2.43. The molecule has 0 unspecified atom stereocenters. The Kier molecular flexibility index (Phi) is 3.75. The molecule has 2 N–H and O–H groups in total. The molecule has 1 aromatic heterocycles. The highest BCUT2D eigenvalue weighted by molar-refractivity contribution is 6.06. The van der Waals surface area contributed by atoms with Crippen LogP contribution in [0.1, 0.15) is 17.3 Å². The van der Waals surface area contributed by atoms with Gasteiger partial charge in [0, 0.05) is 30.3 Å². The van der Waals surface area contributed by atoms with E-state index < -0.39 is 11.7 Å². The lowest BCUT2D eigenvalue weighted by Crippen LogP contribution is -2.31. The average molecular weight is 259 g/mol. The number of pyridine rings is 1. The maximum Gasteiger partial charge on any atom is 0.261 e. The fourth-order valence-corrected chi connectivity index (χ4v) is 1.82. The number of rotatable bonds is 3. The molecule has 0 radical (unpaired) electrons. The van der Waals surface area contributed by atoms with E-state index in [0.717, 1.165) is 6.07 Å². The van der Waals surface area contributed by atoms with Gasteiger partial charge in [-0.05, 0) is 37.3 Å². The molecule has 0 saturated carbocycles. The fraction of sp³-hybridized carbons (Fsp3) is 0.143. The molecule has 1 aromatic carbocycles. The van der Waals surface area contributed by atoms with Crippen LogP contribution in [0, 0.1) is 5.82 Å². The van der Waals surface area contributed by atoms with E-state index in [4.69, 9.17) is 5.73 Å². The lowest BCUT2D eigenvalue weighted by Gasteiger charge is -2.21. The van der Waals surface area contributed by atoms with Crippen LogP contribution in [0.4, 0.5) is 15.8 Å². The summed E-state index contributed by atoms with van der Waals surface area (Å²) in [7, 11) is 0. The van der Waals surface area contributed by atoms with Crippen molar-refractivity contribution >= 4 is 17.3 Å². The zero-order valence-electron chi connectivity index (χ0n) is 10.5. The summed E-state index contributed by atoms with van der Waals surface area (Å²) in [5.41, 5.74) is 6.45. The van der Waals surface area contributed by atoms with Gasteiger partial charge in [-0.1, -0.05) is 0 Å². The van der Waals surface area contributed by atoms with Crippen molar-refractivity contribution in [2.24, 2.45) is 0 Å². The Morgan fingerprint density at radius 3 is 2.58 bits per heavy atom. The van der Waals surface area contributed by atoms with Crippen molar-refractivity contribution in [1.82, 2.24) is 4.98 Å². The van der Waals surface area contributed by atoms with Gasteiger partial charge >= 0.3 is 0 Å². The SMILES string of the molecule is CCN(C(=O)c1ccc(N)cc1F)c1ccncc1. The number of nitrogens with two attached hydrogens (primary N) is 1. The van der Waals surface area contributed by atoms with Gasteiger partial charge in [0.15, 0.2) is 0 Å². The number of hydrogen-bond donors (Lipinski definition) is 1. The molecule has 5 heteroatoms. The van der Waals surface area contributed by atoms with Gasteiger partial charge in [-0.15, -0.1) is 0 Å². The Balaban J connectivity index is 2.36. The van der Waals surface area contributed by atoms with Crippen molar-refractivity contribution in [1.29, 1.82) is 0 Å². The number of carbonyl (C=O) groups is 1. The van der Waals surface area contributed by atoms with Crippen LogP contribution in [0.15, 0.2) is 42.7 Å². The van der Waals surface area contributed by atoms with E-state index in [1.54, 1.807) is 24.5 Å². The number of carbonyl (C=O) groups excluding carboxylic acids is 1. The fourth-order valence-electron chi connectivity index (χ4n) is 1.82. The second-order valence-corrected chi connectivity index (χ2v) is 3.99. The first kappa shape index (κ1) is 13.0. The predicted octanol–water partition coefficient (Wildman–Crippen LogP) is 2.47. The molecule has 0 fully saturated rings. The molecule has 4 nitrogen and oxygen atoms in total. The predicted molar refractivity (Wildman–Crippen MR) is 72.4 cm³/mol. The van der Waals surface area contributed by atoms with Crippen LogP contribution < -0.4 is 10.6 Å². The number of halogens is 1. The summed E-state index contributed by atoms with van der Waals surface area (Å²) in [5.74, 6) is -1.01. The molecular weight excluding hydrogens is 245 g/mol. The van der Waals surface area contributed by atoms with Crippen molar-refractivity contribution < 1.29 is 9.18 Å². The number of nitrogens with zero attached hydrogens (tertiary/aromatic N) is 2. The Bertz CT molecular complexity index is 586. The second-order valence-electron chi connectivity index (χ2n) is 3.99. The molecule has 0 aliphatic heterocycles. The van der Waals surface area contributed by atoms with Crippen molar-refractivity contribution in [3.05, 3.63) is 54.1 Å². The van der Waals surface area contributed by atoms with Gasteiger partial charge in [0.2, 0.25) is 0 Å². The first-order valence-corrected chi connectivity index (χ1v) is 5.90. The molecule has 0 spiro atoms. The largest absolute Gasteiger partial charge is 0.399 e. The molecule has 1 amide bonds. The van der Waals surface area contributed by atoms with E-state index in [9.17, 15) is 9.18 Å². The smallest absolute Gasteiger partial charge is 0.261 e. The van der Waals surface area contributed by atoms with Gasteiger partial charge in [-0.2, -0.15) is 0 Å². The highest BCUT2D eigenvalue weighted by Crippen LogP contribution is 2.19. The van der Waals surface area contributed by atoms with E-state index in [1.807, 2.05) is 6.92 Å². The minimum absolute atomic E-state index is 0.00728. The third-order valence-corrected chi connectivity index (χ3v) is 2.76. The molecule has 1 heterocycles. The van der Waals surface area contributed by atoms with Gasteiger partial charge in [0.1, 0.15) is 5.82 Å². The van der Waals surface area contributed by atoms with Crippen LogP contribution in [0.3, 0.4) is 0 Å². The summed E-state index contributed by atoms with van der Waals surface area (Å²) in [6.07, 6.45) is 3.18. The van der Waals surface area contributed by atoms with Crippen LogP contribution in [0.5, 0.6) is 0 Å². The van der Waals surface area contributed by atoms with Crippen LogP contribution >= 0.6 is 0 Å². The van der Waals surface area contributed by atoms with E-state index in [-0.39, 0.29) is 5.56 Å². The topological polar surface area (TPSA) is 59.2 Å². The molecule has 19 heavy (non-hydrogen) atoms. The van der Waals surface area contributed by atoms with Gasteiger partial charge in [-0.25, -0.2) is 4.39 Å². The van der Waals surface area contributed by atoms with Gasteiger partial charge in [0.25, 0.3) is 5.91 Å². The average Bonchev–Trinajstić information content (AvgIpc) is 2.40. The Labute approximate surface area is 110 Å². The Morgan fingerprint density at radius 1 is 1.32 bits per heavy atom. The second kappa shape index (κ2) is 5.48. The van der Waals surface area contributed by atoms with Crippen LogP contribution in [0.2, 0.25) is 0 Å². The highest BCUT2D eigenvalue weighted by Gasteiger charge is 2.19. The number of aromatic nitrogens is 1. The number of nitrogen functional groups attached to an aromatic ring is 1. The first-order valence-electron chi connectivity index (χ1n) is 5.90. The van der Waals surface area contributed by atoms with Gasteiger partial charge in [-0.3, -0.25) is 9.78 Å². The monoisotopic (exact) mass is 259 g/mol. The molecule has 2 aromatic rings. The van der Waals surface area contributed by atoms with Crippen LogP contribution in [-0.4, -0.2) is 17.4 Å². The molecule has 98 valence electrons. The molecule has 0 bridgehead atoms. The summed E-state index contributed by atoms with van der Waals surface area (Å²) in [5, 5.41) is 0. The first-order chi connectivity index (χ1) is 9.13. The quantitative estimate of drug-likeness (QED) is 0.861. The minimum atomic E-state index is -0.613. The standard InChI is InChI=1S/C14H14FN3O/c1-2-18(11-5-7-17-8-6-11)14(19)12-4-3-10(16)9-13(12)15/h3-9H,2,16H2,1H3. The van der Waals surface area contributed by atoms with E-state index >= 15 is 0 Å². The molecule has 0 aliphatic rings. The lowest BCUT2D eigenvalue weighted by molar-refractivity contribution is 0.0984. The van der Waals surface area contributed by atoms with Gasteiger partial charge < -0.3 is 10.6 Å². The number of amides is 1. The third kappa shape index (κ3) is 2.70. The summed E-state index contributed by atoms with van der Waals surface area (Å²) in [4.78, 5) is 17.7. The van der Waals surface area contributed by atoms with Crippen molar-refractivity contribution in [3.8, 4) is 0 Å². The normalized spacial score (nSPS) is 10.2. The van der Waals surface area contributed by atoms with E-state index in [0.29, 0.717) is 17.9 Å². The number of hydrogen-bond acceptors (Lipinski definition) is 3. The lowest BCUT2D eigenvalue weighted by atomic mass is 10.1. The summed E-state index contributed by atoms with van der Waals surface area (Å²) >= 11 is 0. The Morgan fingerprint density at radius 2 is 2.00 bits per heavy atom. The number of benzene rings is 1. The van der Waals surface area contributed by atoms with Crippen LogP contribution in [0.25, 0.3) is 0 Å². The maximum atomic E-state index is 13.8. The zero-order valence-corrected chi connectivity index (χ0v) is 10.5. The zero-order chi connectivity index (χ0) is 13.8. The van der Waals surface area contributed by atoms with Gasteiger partial charge in [0.05, 0.1) is 5.56 Å². The number of anilines is 2. The summed E-state index contributed by atoms with van der Waals surface area (Å²) in [6, 6.07) is 7.47. The van der Waals surface area contributed by atoms with Crippen molar-refractivity contribution in [2.75, 3.05) is 17.2 Å². The third-order valence-electron chi connectivity index (χ3n) is 2.76. The van der Waals surface area contributed by atoms with Crippen molar-refractivity contribution in [2.45, 2.75) is 6.92 Å². The highest BCUT2D eigenvalue weighted by atomic mass is 19.1. The van der Waals surface area contributed by atoms with Crippen LogP contribution in [-0.2, 0) is 0 Å². The maximum absolute atomic E-state index is 13.8. The molecule has 0 atom stereocenters. The summed E-state index contributed by atoms with van der Waals surface area (Å²) in [6.45, 7) is 2.26.